The maximum absolute atomic E-state index is 14.9. The second kappa shape index (κ2) is 10.2. The van der Waals surface area contributed by atoms with Gasteiger partial charge in [0.25, 0.3) is 5.91 Å². The summed E-state index contributed by atoms with van der Waals surface area (Å²) in [7, 11) is 0. The first-order valence-electron chi connectivity index (χ1n) is 11.7. The average molecular weight is 504 g/mol. The molecule has 0 atom stereocenters. The van der Waals surface area contributed by atoms with Crippen LogP contribution in [0.25, 0.3) is 16.9 Å². The average Bonchev–Trinajstić information content (AvgIpc) is 3.35. The lowest BCUT2D eigenvalue weighted by Crippen LogP contribution is -2.46. The summed E-state index contributed by atoms with van der Waals surface area (Å²) in [5.74, 6) is -2.22. The first-order chi connectivity index (χ1) is 18.0. The minimum absolute atomic E-state index is 0.00183. The highest BCUT2D eigenvalue weighted by Crippen LogP contribution is 2.32. The van der Waals surface area contributed by atoms with Crippen LogP contribution in [0.4, 0.5) is 20.3 Å². The summed E-state index contributed by atoms with van der Waals surface area (Å²) in [6, 6.07) is 9.81. The van der Waals surface area contributed by atoms with Crippen LogP contribution in [0.15, 0.2) is 48.9 Å². The summed E-state index contributed by atoms with van der Waals surface area (Å²) in [4.78, 5) is 23.5. The highest BCUT2D eigenvalue weighted by atomic mass is 19.2. The largest absolute Gasteiger partial charge is 0.476 e. The lowest BCUT2D eigenvalue weighted by Gasteiger charge is -2.28. The van der Waals surface area contributed by atoms with E-state index in [0.717, 1.165) is 18.7 Å². The predicted molar refractivity (Wildman–Crippen MR) is 133 cm³/mol. The summed E-state index contributed by atoms with van der Waals surface area (Å²) in [5, 5.41) is 15.1. The van der Waals surface area contributed by atoms with Crippen LogP contribution >= 0.6 is 0 Å². The van der Waals surface area contributed by atoms with Crippen molar-refractivity contribution < 1.29 is 18.3 Å². The number of imidazole rings is 1. The normalized spacial score (nSPS) is 13.4. The van der Waals surface area contributed by atoms with E-state index in [1.54, 1.807) is 28.8 Å². The number of carbonyl (C=O) groups is 1. The molecule has 2 aromatic carbocycles. The van der Waals surface area contributed by atoms with Gasteiger partial charge in [-0.25, -0.2) is 14.4 Å². The van der Waals surface area contributed by atoms with Crippen LogP contribution in [0.3, 0.4) is 0 Å². The molecule has 0 spiro atoms. The molecule has 0 bridgehead atoms. The molecule has 5 rings (SSSR count). The van der Waals surface area contributed by atoms with E-state index in [4.69, 9.17) is 10.00 Å². The SMILES string of the molecule is Cc1cc(Nc2nccn3c(-c4ccc(OCC#N)c(F)c4F)cnc23)ccc1C(=O)N1CCNCC1. The summed E-state index contributed by atoms with van der Waals surface area (Å²) in [5.41, 5.74) is 2.87. The van der Waals surface area contributed by atoms with E-state index in [1.807, 2.05) is 17.9 Å². The molecule has 0 radical (unpaired) electrons. The Bertz CT molecular complexity index is 1520. The Balaban J connectivity index is 1.42. The van der Waals surface area contributed by atoms with Gasteiger partial charge >= 0.3 is 0 Å². The third-order valence-electron chi connectivity index (χ3n) is 6.17. The molecule has 0 saturated carbocycles. The molecule has 11 heteroatoms. The van der Waals surface area contributed by atoms with Crippen molar-refractivity contribution in [3.05, 3.63) is 71.7 Å². The Morgan fingerprint density at radius 2 is 2.00 bits per heavy atom. The van der Waals surface area contributed by atoms with Gasteiger partial charge in [-0.1, -0.05) is 0 Å². The molecular weight excluding hydrogens is 480 g/mol. The molecule has 1 saturated heterocycles. The van der Waals surface area contributed by atoms with Gasteiger partial charge < -0.3 is 20.3 Å². The fourth-order valence-electron chi connectivity index (χ4n) is 4.31. The van der Waals surface area contributed by atoms with E-state index >= 15 is 0 Å². The number of amides is 1. The highest BCUT2D eigenvalue weighted by molar-refractivity contribution is 5.96. The molecule has 1 aliphatic rings. The topological polar surface area (TPSA) is 108 Å². The fraction of sp³-hybridized carbons (Fsp3) is 0.231. The maximum Gasteiger partial charge on any atom is 0.254 e. The van der Waals surface area contributed by atoms with E-state index in [-0.39, 0.29) is 17.2 Å². The van der Waals surface area contributed by atoms with Crippen LogP contribution in [0, 0.1) is 29.9 Å². The Labute approximate surface area is 211 Å². The molecule has 2 N–H and O–H groups in total. The number of anilines is 2. The Morgan fingerprint density at radius 3 is 2.76 bits per heavy atom. The smallest absolute Gasteiger partial charge is 0.254 e. The number of piperazine rings is 1. The molecule has 37 heavy (non-hydrogen) atoms. The summed E-state index contributed by atoms with van der Waals surface area (Å²) in [6.45, 7) is 4.39. The third kappa shape index (κ3) is 4.66. The van der Waals surface area contributed by atoms with Crippen molar-refractivity contribution in [3.63, 3.8) is 0 Å². The number of hydrogen-bond donors (Lipinski definition) is 2. The van der Waals surface area contributed by atoms with Crippen molar-refractivity contribution in [3.8, 4) is 23.1 Å². The summed E-state index contributed by atoms with van der Waals surface area (Å²) >= 11 is 0. The standard InChI is InChI=1S/C26H23F2N7O2/c1-16-14-17(2-3-18(16)26(36)34-10-7-30-8-11-34)33-24-25-32-15-20(35(25)12-9-31-24)19-4-5-21(37-13-6-29)23(28)22(19)27/h2-5,9,12,14-15,30H,7-8,10-11,13H2,1H3,(H,31,33). The molecule has 4 aromatic rings. The fourth-order valence-corrected chi connectivity index (χ4v) is 4.31. The minimum atomic E-state index is -1.18. The van der Waals surface area contributed by atoms with E-state index in [2.05, 4.69) is 20.6 Å². The number of nitrogens with zero attached hydrogens (tertiary/aromatic N) is 5. The van der Waals surface area contributed by atoms with E-state index in [9.17, 15) is 13.6 Å². The minimum Gasteiger partial charge on any atom is -0.476 e. The van der Waals surface area contributed by atoms with Gasteiger partial charge in [0.1, 0.15) is 6.07 Å². The number of nitriles is 1. The Hall–Kier alpha value is -4.56. The van der Waals surface area contributed by atoms with Crippen molar-refractivity contribution in [2.45, 2.75) is 6.92 Å². The molecule has 0 aliphatic carbocycles. The van der Waals surface area contributed by atoms with Crippen molar-refractivity contribution >= 4 is 23.1 Å². The van der Waals surface area contributed by atoms with Crippen molar-refractivity contribution in [1.82, 2.24) is 24.6 Å². The Kier molecular flexibility index (Phi) is 6.66. The van der Waals surface area contributed by atoms with E-state index in [1.165, 1.54) is 24.5 Å². The molecule has 1 fully saturated rings. The zero-order valence-electron chi connectivity index (χ0n) is 20.0. The lowest BCUT2D eigenvalue weighted by molar-refractivity contribution is 0.0735. The van der Waals surface area contributed by atoms with Gasteiger partial charge in [0.05, 0.1) is 11.9 Å². The number of rotatable bonds is 6. The number of halogens is 2. The van der Waals surface area contributed by atoms with Crippen LogP contribution in [0.2, 0.25) is 0 Å². The van der Waals surface area contributed by atoms with Gasteiger partial charge in [0.15, 0.2) is 29.6 Å². The van der Waals surface area contributed by atoms with Crippen LogP contribution in [0.5, 0.6) is 5.75 Å². The molecule has 188 valence electrons. The zero-order valence-corrected chi connectivity index (χ0v) is 20.0. The number of ether oxygens (including phenoxy) is 1. The number of aromatic nitrogens is 3. The molecule has 9 nitrogen and oxygen atoms in total. The second-order valence-electron chi connectivity index (χ2n) is 8.50. The molecule has 1 aliphatic heterocycles. The van der Waals surface area contributed by atoms with Gasteiger partial charge in [0, 0.05) is 55.4 Å². The molecule has 2 aromatic heterocycles. The predicted octanol–water partition coefficient (Wildman–Crippen LogP) is 3.67. The molecular formula is C26H23F2N7O2. The van der Waals surface area contributed by atoms with Crippen molar-refractivity contribution in [2.24, 2.45) is 0 Å². The van der Waals surface area contributed by atoms with Gasteiger partial charge in [-0.05, 0) is 42.8 Å². The number of hydrogen-bond acceptors (Lipinski definition) is 7. The molecule has 0 unspecified atom stereocenters. The van der Waals surface area contributed by atoms with Gasteiger partial charge in [-0.3, -0.25) is 9.20 Å². The van der Waals surface area contributed by atoms with Crippen LogP contribution in [-0.4, -0.2) is 58.0 Å². The maximum atomic E-state index is 14.9. The van der Waals surface area contributed by atoms with Gasteiger partial charge in [-0.15, -0.1) is 0 Å². The number of aryl methyl sites for hydroxylation is 1. The van der Waals surface area contributed by atoms with Gasteiger partial charge in [-0.2, -0.15) is 9.65 Å². The zero-order chi connectivity index (χ0) is 25.9. The monoisotopic (exact) mass is 503 g/mol. The van der Waals surface area contributed by atoms with Crippen LogP contribution < -0.4 is 15.4 Å². The van der Waals surface area contributed by atoms with Gasteiger partial charge in [0.2, 0.25) is 5.82 Å². The highest BCUT2D eigenvalue weighted by Gasteiger charge is 2.21. The van der Waals surface area contributed by atoms with Crippen LogP contribution in [0.1, 0.15) is 15.9 Å². The van der Waals surface area contributed by atoms with Crippen LogP contribution in [-0.2, 0) is 0 Å². The number of nitrogens with one attached hydrogen (secondary N) is 2. The van der Waals surface area contributed by atoms with Crippen molar-refractivity contribution in [1.29, 1.82) is 5.26 Å². The second-order valence-corrected chi connectivity index (χ2v) is 8.50. The first-order valence-corrected chi connectivity index (χ1v) is 11.7. The number of carbonyl (C=O) groups excluding carboxylic acids is 1. The quantitative estimate of drug-likeness (QED) is 0.413. The number of fused-ring (bicyclic) bond motifs is 1. The first kappa shape index (κ1) is 24.1. The molecule has 3 heterocycles. The van der Waals surface area contributed by atoms with E-state index < -0.39 is 18.2 Å². The lowest BCUT2D eigenvalue weighted by atomic mass is 10.1. The number of benzene rings is 2. The van der Waals surface area contributed by atoms with E-state index in [0.29, 0.717) is 41.5 Å². The Morgan fingerprint density at radius 1 is 1.19 bits per heavy atom. The summed E-state index contributed by atoms with van der Waals surface area (Å²) < 4.78 is 35.9. The third-order valence-corrected chi connectivity index (χ3v) is 6.17. The van der Waals surface area contributed by atoms with Crippen molar-refractivity contribution in [2.75, 3.05) is 38.1 Å². The molecule has 1 amide bonds. The summed E-state index contributed by atoms with van der Waals surface area (Å²) in [6.07, 6.45) is 4.55.